The number of carbonyl (C=O) groups is 2. The maximum Gasteiger partial charge on any atom is 0.387 e. The fourth-order valence-electron chi connectivity index (χ4n) is 3.03. The molecule has 1 aromatic carbocycles. The van der Waals surface area contributed by atoms with Gasteiger partial charge in [0, 0.05) is 19.4 Å². The molecule has 160 valence electrons. The van der Waals surface area contributed by atoms with Gasteiger partial charge in [0.05, 0.1) is 25.3 Å². The Labute approximate surface area is 167 Å². The summed E-state index contributed by atoms with van der Waals surface area (Å²) in [5.74, 6) is -0.733. The van der Waals surface area contributed by atoms with Crippen LogP contribution in [0.4, 0.5) is 13.6 Å². The van der Waals surface area contributed by atoms with Gasteiger partial charge in [-0.2, -0.15) is 8.78 Å². The van der Waals surface area contributed by atoms with E-state index in [1.165, 1.54) is 37.3 Å². The van der Waals surface area contributed by atoms with Crippen molar-refractivity contribution in [1.29, 1.82) is 0 Å². The van der Waals surface area contributed by atoms with Gasteiger partial charge in [-0.25, -0.2) is 9.59 Å². The number of alkyl halides is 2. The van der Waals surface area contributed by atoms with Crippen LogP contribution < -0.4 is 14.8 Å². The summed E-state index contributed by atoms with van der Waals surface area (Å²) >= 11 is 0. The number of esters is 1. The SMILES string of the molecule is CCN1C(=O)NC(c2ccc(OC(F)F)c(OC)c2)C(C(=O)OCCOC)=C1C. The van der Waals surface area contributed by atoms with Crippen molar-refractivity contribution in [2.75, 3.05) is 34.0 Å². The van der Waals surface area contributed by atoms with Crippen molar-refractivity contribution in [2.45, 2.75) is 26.5 Å². The second kappa shape index (κ2) is 10.1. The summed E-state index contributed by atoms with van der Waals surface area (Å²) in [5, 5.41) is 2.75. The molecule has 1 atom stereocenters. The van der Waals surface area contributed by atoms with Crippen molar-refractivity contribution in [2.24, 2.45) is 0 Å². The molecule has 0 radical (unpaired) electrons. The molecule has 1 aliphatic rings. The van der Waals surface area contributed by atoms with Crippen LogP contribution in [0.25, 0.3) is 0 Å². The summed E-state index contributed by atoms with van der Waals surface area (Å²) in [7, 11) is 2.78. The minimum Gasteiger partial charge on any atom is -0.493 e. The van der Waals surface area contributed by atoms with Crippen molar-refractivity contribution in [1.82, 2.24) is 10.2 Å². The number of allylic oxidation sites excluding steroid dienone is 1. The number of methoxy groups -OCH3 is 2. The van der Waals surface area contributed by atoms with Crippen LogP contribution in [0.3, 0.4) is 0 Å². The average Bonchev–Trinajstić information content (AvgIpc) is 2.67. The lowest BCUT2D eigenvalue weighted by molar-refractivity contribution is -0.140. The maximum atomic E-state index is 12.7. The van der Waals surface area contributed by atoms with Gasteiger partial charge in [0.25, 0.3) is 0 Å². The maximum absolute atomic E-state index is 12.7. The molecule has 2 amide bonds. The lowest BCUT2D eigenvalue weighted by atomic mass is 9.94. The lowest BCUT2D eigenvalue weighted by Gasteiger charge is -2.35. The van der Waals surface area contributed by atoms with Crippen LogP contribution in [0.5, 0.6) is 11.5 Å². The molecule has 0 aromatic heterocycles. The van der Waals surface area contributed by atoms with Crippen LogP contribution in [0, 0.1) is 0 Å². The Morgan fingerprint density at radius 3 is 2.55 bits per heavy atom. The molecule has 0 fully saturated rings. The van der Waals surface area contributed by atoms with Crippen LogP contribution in [0.2, 0.25) is 0 Å². The Balaban J connectivity index is 2.46. The number of rotatable bonds is 9. The van der Waals surface area contributed by atoms with E-state index in [0.29, 0.717) is 17.8 Å². The van der Waals surface area contributed by atoms with Crippen molar-refractivity contribution >= 4 is 12.0 Å². The van der Waals surface area contributed by atoms with E-state index in [1.807, 2.05) is 0 Å². The highest BCUT2D eigenvalue weighted by molar-refractivity contribution is 5.95. The average molecular weight is 414 g/mol. The minimum absolute atomic E-state index is 0.0414. The molecule has 0 aliphatic carbocycles. The van der Waals surface area contributed by atoms with Gasteiger partial charge in [-0.1, -0.05) is 6.07 Å². The molecule has 1 aliphatic heterocycles. The van der Waals surface area contributed by atoms with Crippen LogP contribution in [-0.2, 0) is 14.3 Å². The van der Waals surface area contributed by atoms with Crippen molar-refractivity contribution < 1.29 is 37.3 Å². The smallest absolute Gasteiger partial charge is 0.387 e. The first-order chi connectivity index (χ1) is 13.8. The summed E-state index contributed by atoms with van der Waals surface area (Å²) in [4.78, 5) is 26.6. The molecule has 1 heterocycles. The highest BCUT2D eigenvalue weighted by Gasteiger charge is 2.36. The Kier molecular flexibility index (Phi) is 7.77. The number of urea groups is 1. The molecule has 1 N–H and O–H groups in total. The Hall–Kier alpha value is -2.88. The summed E-state index contributed by atoms with van der Waals surface area (Å²) in [6.45, 7) is 1.02. The largest absolute Gasteiger partial charge is 0.493 e. The molecule has 10 heteroatoms. The molecule has 8 nitrogen and oxygen atoms in total. The third-order valence-electron chi connectivity index (χ3n) is 4.39. The quantitative estimate of drug-likeness (QED) is 0.494. The first-order valence-electron chi connectivity index (χ1n) is 8.91. The van der Waals surface area contributed by atoms with E-state index in [1.54, 1.807) is 13.8 Å². The summed E-state index contributed by atoms with van der Waals surface area (Å²) in [6, 6.07) is 2.95. The van der Waals surface area contributed by atoms with Crippen LogP contribution in [-0.4, -0.2) is 57.5 Å². The summed E-state index contributed by atoms with van der Waals surface area (Å²) in [6.07, 6.45) is 0. The summed E-state index contributed by atoms with van der Waals surface area (Å²) in [5.41, 5.74) is 1.12. The minimum atomic E-state index is -3.02. The van der Waals surface area contributed by atoms with E-state index in [0.717, 1.165) is 0 Å². The Morgan fingerprint density at radius 2 is 1.97 bits per heavy atom. The third kappa shape index (κ3) is 5.14. The molecule has 29 heavy (non-hydrogen) atoms. The lowest BCUT2D eigenvalue weighted by Crippen LogP contribution is -2.47. The highest BCUT2D eigenvalue weighted by atomic mass is 19.3. The molecule has 0 bridgehead atoms. The van der Waals surface area contributed by atoms with Gasteiger partial charge < -0.3 is 24.3 Å². The fourth-order valence-corrected chi connectivity index (χ4v) is 3.03. The standard InChI is InChI=1S/C19H24F2N2O6/c1-5-23-11(2)15(17(24)28-9-8-26-3)16(22-19(23)25)12-6-7-13(29-18(20)21)14(10-12)27-4/h6-7,10,16,18H,5,8-9H2,1-4H3,(H,22,25). The van der Waals surface area contributed by atoms with Gasteiger partial charge in [-0.05, 0) is 31.5 Å². The number of benzene rings is 1. The summed E-state index contributed by atoms with van der Waals surface area (Å²) < 4.78 is 44.8. The predicted molar refractivity (Wildman–Crippen MR) is 98.8 cm³/mol. The van der Waals surface area contributed by atoms with Crippen LogP contribution in [0.1, 0.15) is 25.5 Å². The normalized spacial score (nSPS) is 16.7. The number of hydrogen-bond acceptors (Lipinski definition) is 6. The molecule has 0 saturated carbocycles. The van der Waals surface area contributed by atoms with E-state index in [4.69, 9.17) is 14.2 Å². The number of hydrogen-bond donors (Lipinski definition) is 1. The Morgan fingerprint density at radius 1 is 1.24 bits per heavy atom. The Bertz CT molecular complexity index is 784. The van der Waals surface area contributed by atoms with Gasteiger partial charge in [-0.3, -0.25) is 4.90 Å². The first-order valence-corrected chi connectivity index (χ1v) is 8.91. The molecule has 1 aromatic rings. The first kappa shape index (κ1) is 22.4. The molecule has 2 rings (SSSR count). The number of ether oxygens (including phenoxy) is 4. The van der Waals surface area contributed by atoms with Crippen LogP contribution >= 0.6 is 0 Å². The molecular formula is C19H24F2N2O6. The van der Waals surface area contributed by atoms with Crippen molar-refractivity contribution in [3.63, 3.8) is 0 Å². The van der Waals surface area contributed by atoms with E-state index in [9.17, 15) is 18.4 Å². The van der Waals surface area contributed by atoms with Gasteiger partial charge >= 0.3 is 18.6 Å². The number of nitrogens with one attached hydrogen (secondary N) is 1. The number of amides is 2. The van der Waals surface area contributed by atoms with Crippen LogP contribution in [0.15, 0.2) is 29.5 Å². The molecular weight excluding hydrogens is 390 g/mol. The predicted octanol–water partition coefficient (Wildman–Crippen LogP) is 2.85. The van der Waals surface area contributed by atoms with E-state index < -0.39 is 24.7 Å². The monoisotopic (exact) mass is 414 g/mol. The molecule has 0 saturated heterocycles. The number of nitrogens with zero attached hydrogens (tertiary/aromatic N) is 1. The topological polar surface area (TPSA) is 86.3 Å². The number of carbonyl (C=O) groups excluding carboxylic acids is 2. The zero-order valence-corrected chi connectivity index (χ0v) is 16.7. The second-order valence-electron chi connectivity index (χ2n) is 6.04. The molecule has 0 spiro atoms. The van der Waals surface area contributed by atoms with Crippen molar-refractivity contribution in [3.05, 3.63) is 35.0 Å². The third-order valence-corrected chi connectivity index (χ3v) is 4.39. The zero-order chi connectivity index (χ0) is 21.6. The highest BCUT2D eigenvalue weighted by Crippen LogP contribution is 2.36. The van der Waals surface area contributed by atoms with Gasteiger partial charge in [0.1, 0.15) is 6.61 Å². The van der Waals surface area contributed by atoms with E-state index in [-0.39, 0.29) is 30.3 Å². The zero-order valence-electron chi connectivity index (χ0n) is 16.7. The van der Waals surface area contributed by atoms with Gasteiger partial charge in [-0.15, -0.1) is 0 Å². The van der Waals surface area contributed by atoms with E-state index in [2.05, 4.69) is 10.1 Å². The van der Waals surface area contributed by atoms with Crippen molar-refractivity contribution in [3.8, 4) is 11.5 Å². The van der Waals surface area contributed by atoms with E-state index >= 15 is 0 Å². The molecule has 1 unspecified atom stereocenters. The number of halogens is 2. The fraction of sp³-hybridized carbons (Fsp3) is 0.474. The van der Waals surface area contributed by atoms with Gasteiger partial charge in [0.15, 0.2) is 11.5 Å². The second-order valence-corrected chi connectivity index (χ2v) is 6.04. The van der Waals surface area contributed by atoms with Gasteiger partial charge in [0.2, 0.25) is 0 Å².